The molecule has 20 heavy (non-hydrogen) atoms. The van der Waals surface area contributed by atoms with Crippen LogP contribution in [0.25, 0.3) is 10.8 Å². The molecule has 1 N–H and O–H groups in total. The molecule has 0 aromatic heterocycles. The van der Waals surface area contributed by atoms with E-state index in [1.54, 1.807) is 6.07 Å². The molecule has 2 aromatic carbocycles. The lowest BCUT2D eigenvalue weighted by molar-refractivity contribution is 0.482. The number of rotatable bonds is 5. The van der Waals surface area contributed by atoms with Gasteiger partial charge in [0, 0.05) is 0 Å². The van der Waals surface area contributed by atoms with Gasteiger partial charge in [-0.2, -0.15) is 8.42 Å². The largest absolute Gasteiger partial charge is 0.294 e. The number of fused-ring (bicyclic) bond motifs is 1. The van der Waals surface area contributed by atoms with Crippen molar-refractivity contribution >= 4 is 20.9 Å². The molecule has 0 spiro atoms. The summed E-state index contributed by atoms with van der Waals surface area (Å²) in [4.78, 5) is 0.0421. The monoisotopic (exact) mass is 292 g/mol. The minimum Gasteiger partial charge on any atom is -0.282 e. The Kier molecular flexibility index (Phi) is 4.45. The van der Waals surface area contributed by atoms with Gasteiger partial charge in [-0.05, 0) is 40.8 Å². The highest BCUT2D eigenvalue weighted by Crippen LogP contribution is 2.28. The van der Waals surface area contributed by atoms with Crippen LogP contribution >= 0.6 is 0 Å². The van der Waals surface area contributed by atoms with E-state index >= 15 is 0 Å². The molecule has 108 valence electrons. The zero-order valence-corrected chi connectivity index (χ0v) is 12.7. The van der Waals surface area contributed by atoms with Gasteiger partial charge in [0.15, 0.2) is 0 Å². The quantitative estimate of drug-likeness (QED) is 0.848. The van der Waals surface area contributed by atoms with Gasteiger partial charge in [0.25, 0.3) is 10.1 Å². The molecular weight excluding hydrogens is 272 g/mol. The highest BCUT2D eigenvalue weighted by Gasteiger charge is 2.17. The van der Waals surface area contributed by atoms with E-state index in [1.807, 2.05) is 13.0 Å². The van der Waals surface area contributed by atoms with Crippen molar-refractivity contribution < 1.29 is 13.0 Å². The van der Waals surface area contributed by atoms with Crippen LogP contribution in [-0.2, 0) is 23.0 Å². The van der Waals surface area contributed by atoms with Crippen molar-refractivity contribution in [3.05, 3.63) is 41.5 Å². The van der Waals surface area contributed by atoms with Crippen molar-refractivity contribution in [2.45, 2.75) is 44.4 Å². The van der Waals surface area contributed by atoms with Crippen molar-refractivity contribution in [3.8, 4) is 0 Å². The van der Waals surface area contributed by atoms with Crippen molar-refractivity contribution in [3.63, 3.8) is 0 Å². The molecule has 2 aromatic rings. The van der Waals surface area contributed by atoms with Crippen LogP contribution in [0, 0.1) is 0 Å². The maximum absolute atomic E-state index is 11.5. The second kappa shape index (κ2) is 5.94. The number of hydrogen-bond acceptors (Lipinski definition) is 2. The molecule has 0 aliphatic heterocycles. The van der Waals surface area contributed by atoms with Crippen LogP contribution < -0.4 is 0 Å². The van der Waals surface area contributed by atoms with E-state index in [-0.39, 0.29) is 4.90 Å². The molecule has 0 fully saturated rings. The minimum atomic E-state index is -4.17. The molecule has 0 unspecified atom stereocenters. The Morgan fingerprint density at radius 2 is 1.65 bits per heavy atom. The summed E-state index contributed by atoms with van der Waals surface area (Å²) in [5, 5.41) is 1.95. The fraction of sp³-hybridized carbons (Fsp3) is 0.375. The van der Waals surface area contributed by atoms with Crippen LogP contribution in [0.1, 0.15) is 37.8 Å². The summed E-state index contributed by atoms with van der Waals surface area (Å²) in [6.45, 7) is 4.12. The lowest BCUT2D eigenvalue weighted by atomic mass is 9.97. The highest BCUT2D eigenvalue weighted by atomic mass is 32.2. The summed E-state index contributed by atoms with van der Waals surface area (Å²) >= 11 is 0. The van der Waals surface area contributed by atoms with Crippen LogP contribution in [0.4, 0.5) is 0 Å². The molecule has 3 nitrogen and oxygen atoms in total. The van der Waals surface area contributed by atoms with Crippen LogP contribution in [0.3, 0.4) is 0 Å². The molecule has 0 bridgehead atoms. The van der Waals surface area contributed by atoms with E-state index < -0.39 is 10.1 Å². The molecule has 0 radical (unpaired) electrons. The average Bonchev–Trinajstić information content (AvgIpc) is 2.38. The molecular formula is C16H20O3S. The van der Waals surface area contributed by atoms with Crippen molar-refractivity contribution in [2.24, 2.45) is 0 Å². The van der Waals surface area contributed by atoms with E-state index in [2.05, 4.69) is 19.1 Å². The molecule has 0 saturated carbocycles. The minimum absolute atomic E-state index is 0.0421. The molecule has 2 rings (SSSR count). The zero-order chi connectivity index (χ0) is 14.8. The fourth-order valence-corrected chi connectivity index (χ4v) is 3.37. The molecule has 0 heterocycles. The van der Waals surface area contributed by atoms with Crippen molar-refractivity contribution in [1.29, 1.82) is 0 Å². The first-order valence-electron chi connectivity index (χ1n) is 6.99. The fourth-order valence-electron chi connectivity index (χ4n) is 2.60. The highest BCUT2D eigenvalue weighted by molar-refractivity contribution is 7.85. The van der Waals surface area contributed by atoms with E-state index in [9.17, 15) is 13.0 Å². The Labute approximate surface area is 120 Å². The summed E-state index contributed by atoms with van der Waals surface area (Å²) in [6.07, 6.45) is 3.49. The first-order chi connectivity index (χ1) is 9.47. The second-order valence-electron chi connectivity index (χ2n) is 5.07. The zero-order valence-electron chi connectivity index (χ0n) is 11.9. The van der Waals surface area contributed by atoms with Gasteiger partial charge in [0.2, 0.25) is 0 Å². The first-order valence-corrected chi connectivity index (χ1v) is 8.43. The summed E-state index contributed by atoms with van der Waals surface area (Å²) in [7, 11) is -4.17. The third kappa shape index (κ3) is 3.02. The van der Waals surface area contributed by atoms with Gasteiger partial charge in [-0.1, -0.05) is 51.0 Å². The predicted octanol–water partition coefficient (Wildman–Crippen LogP) is 3.99. The third-order valence-electron chi connectivity index (χ3n) is 3.47. The smallest absolute Gasteiger partial charge is 0.282 e. The summed E-state index contributed by atoms with van der Waals surface area (Å²) in [5.74, 6) is 0. The summed E-state index contributed by atoms with van der Waals surface area (Å²) in [6, 6.07) is 9.41. The number of hydrogen-bond donors (Lipinski definition) is 1. The van der Waals surface area contributed by atoms with Crippen LogP contribution in [-0.4, -0.2) is 13.0 Å². The van der Waals surface area contributed by atoms with Gasteiger partial charge >= 0.3 is 0 Å². The number of benzene rings is 2. The Morgan fingerprint density at radius 1 is 1.00 bits per heavy atom. The van der Waals surface area contributed by atoms with Crippen LogP contribution in [0.5, 0.6) is 0 Å². The van der Waals surface area contributed by atoms with E-state index in [1.165, 1.54) is 11.6 Å². The predicted molar refractivity (Wildman–Crippen MR) is 81.8 cm³/mol. The van der Waals surface area contributed by atoms with Crippen molar-refractivity contribution in [2.75, 3.05) is 0 Å². The molecule has 0 aliphatic carbocycles. The van der Waals surface area contributed by atoms with E-state index in [4.69, 9.17) is 0 Å². The summed E-state index contributed by atoms with van der Waals surface area (Å²) < 4.78 is 32.5. The normalized spacial score (nSPS) is 11.9. The lowest BCUT2D eigenvalue weighted by Gasteiger charge is -2.12. The second-order valence-corrected chi connectivity index (χ2v) is 6.46. The van der Waals surface area contributed by atoms with E-state index in [0.29, 0.717) is 6.42 Å². The third-order valence-corrected chi connectivity index (χ3v) is 4.41. The Morgan fingerprint density at radius 3 is 2.25 bits per heavy atom. The molecule has 0 aliphatic rings. The van der Waals surface area contributed by atoms with Gasteiger partial charge in [-0.15, -0.1) is 0 Å². The molecule has 0 amide bonds. The lowest BCUT2D eigenvalue weighted by Crippen LogP contribution is -2.04. The van der Waals surface area contributed by atoms with Gasteiger partial charge in [0.05, 0.1) is 4.90 Å². The van der Waals surface area contributed by atoms with E-state index in [0.717, 1.165) is 35.6 Å². The van der Waals surface area contributed by atoms with Gasteiger partial charge < -0.3 is 0 Å². The Balaban J connectivity index is 2.74. The van der Waals surface area contributed by atoms with Gasteiger partial charge in [-0.25, -0.2) is 0 Å². The molecule has 4 heteroatoms. The molecule has 0 atom stereocenters. The summed E-state index contributed by atoms with van der Waals surface area (Å²) in [5.41, 5.74) is 1.93. The van der Waals surface area contributed by atoms with Crippen molar-refractivity contribution in [1.82, 2.24) is 0 Å². The average molecular weight is 292 g/mol. The Hall–Kier alpha value is -1.39. The maximum Gasteiger partial charge on any atom is 0.294 e. The van der Waals surface area contributed by atoms with Crippen LogP contribution in [0.15, 0.2) is 35.2 Å². The topological polar surface area (TPSA) is 54.4 Å². The number of aryl methyl sites for hydroxylation is 2. The Bertz CT molecular complexity index is 718. The maximum atomic E-state index is 11.5. The standard InChI is InChI=1S/C16H20O3S/c1-3-5-12-7-8-13-9-10-16(20(17,18)19)14(6-4-2)15(13)11-12/h7-11H,3-6H2,1-2H3,(H,17,18,19). The molecule has 0 saturated heterocycles. The van der Waals surface area contributed by atoms with Crippen LogP contribution in [0.2, 0.25) is 0 Å². The first kappa shape index (κ1) is 15.0. The van der Waals surface area contributed by atoms with Gasteiger partial charge in [-0.3, -0.25) is 4.55 Å². The van der Waals surface area contributed by atoms with Gasteiger partial charge in [0.1, 0.15) is 0 Å². The SMILES string of the molecule is CCCc1ccc2ccc(S(=O)(=O)O)c(CCC)c2c1.